The molecule has 0 bridgehead atoms. The molecular formula is C19H24N2O. The van der Waals surface area contributed by atoms with Crippen molar-refractivity contribution in [3.05, 3.63) is 71.8 Å². The third kappa shape index (κ3) is 4.43. The van der Waals surface area contributed by atoms with E-state index in [1.165, 1.54) is 11.1 Å². The van der Waals surface area contributed by atoms with Crippen molar-refractivity contribution in [2.75, 3.05) is 20.1 Å². The Labute approximate surface area is 132 Å². The minimum absolute atomic E-state index is 0.0304. The molecule has 0 radical (unpaired) electrons. The van der Waals surface area contributed by atoms with E-state index in [1.54, 1.807) is 0 Å². The first-order valence-electron chi connectivity index (χ1n) is 7.74. The Balaban J connectivity index is 2.11. The van der Waals surface area contributed by atoms with Crippen molar-refractivity contribution in [2.45, 2.75) is 12.8 Å². The summed E-state index contributed by atoms with van der Waals surface area (Å²) in [5.41, 5.74) is 2.44. The Morgan fingerprint density at radius 3 is 1.86 bits per heavy atom. The van der Waals surface area contributed by atoms with Gasteiger partial charge >= 0.3 is 0 Å². The van der Waals surface area contributed by atoms with Crippen molar-refractivity contribution >= 4 is 5.91 Å². The second kappa shape index (κ2) is 8.35. The molecule has 2 N–H and O–H groups in total. The fourth-order valence-electron chi connectivity index (χ4n) is 2.57. The van der Waals surface area contributed by atoms with Gasteiger partial charge in [0.1, 0.15) is 0 Å². The Morgan fingerprint density at radius 2 is 1.41 bits per heavy atom. The van der Waals surface area contributed by atoms with E-state index in [2.05, 4.69) is 34.9 Å². The molecule has 1 unspecified atom stereocenters. The molecule has 116 valence electrons. The van der Waals surface area contributed by atoms with Crippen LogP contribution in [0, 0.1) is 5.92 Å². The van der Waals surface area contributed by atoms with Crippen molar-refractivity contribution in [3.8, 4) is 0 Å². The summed E-state index contributed by atoms with van der Waals surface area (Å²) in [6.07, 6.45) is 0. The number of hydrogen-bond donors (Lipinski definition) is 2. The van der Waals surface area contributed by atoms with Crippen molar-refractivity contribution in [1.82, 2.24) is 10.6 Å². The standard InChI is InChI=1S/C19H24N2O/c1-15(13-20-2)19(22)21-14-18(16-9-5-3-6-10-16)17-11-7-4-8-12-17/h3-12,15,18,20H,13-14H2,1-2H3,(H,21,22). The molecule has 0 aliphatic rings. The number of hydrogen-bond acceptors (Lipinski definition) is 2. The van der Waals surface area contributed by atoms with Gasteiger partial charge in [0.2, 0.25) is 5.91 Å². The van der Waals surface area contributed by atoms with E-state index >= 15 is 0 Å². The van der Waals surface area contributed by atoms with Crippen molar-refractivity contribution in [3.63, 3.8) is 0 Å². The molecule has 0 saturated carbocycles. The van der Waals surface area contributed by atoms with Gasteiger partial charge in [-0.2, -0.15) is 0 Å². The van der Waals surface area contributed by atoms with E-state index in [-0.39, 0.29) is 17.7 Å². The van der Waals surface area contributed by atoms with Crippen LogP contribution in [-0.2, 0) is 4.79 Å². The molecule has 0 spiro atoms. The lowest BCUT2D eigenvalue weighted by Gasteiger charge is -2.20. The molecule has 0 fully saturated rings. The first-order chi connectivity index (χ1) is 10.7. The fourth-order valence-corrected chi connectivity index (χ4v) is 2.57. The molecule has 3 heteroatoms. The van der Waals surface area contributed by atoms with Gasteiger partial charge in [-0.15, -0.1) is 0 Å². The van der Waals surface area contributed by atoms with Crippen LogP contribution in [0.15, 0.2) is 60.7 Å². The summed E-state index contributed by atoms with van der Waals surface area (Å²) in [7, 11) is 1.86. The predicted molar refractivity (Wildman–Crippen MR) is 90.8 cm³/mol. The average molecular weight is 296 g/mol. The van der Waals surface area contributed by atoms with E-state index in [0.717, 1.165) is 0 Å². The largest absolute Gasteiger partial charge is 0.355 e. The molecule has 2 aromatic carbocycles. The third-order valence-electron chi connectivity index (χ3n) is 3.84. The molecule has 0 heterocycles. The van der Waals surface area contributed by atoms with Gasteiger partial charge in [-0.3, -0.25) is 4.79 Å². The Morgan fingerprint density at radius 1 is 0.909 bits per heavy atom. The number of carbonyl (C=O) groups excluding carboxylic acids is 1. The molecule has 1 atom stereocenters. The van der Waals surface area contributed by atoms with Crippen LogP contribution in [0.4, 0.5) is 0 Å². The summed E-state index contributed by atoms with van der Waals surface area (Å²) in [4.78, 5) is 12.1. The van der Waals surface area contributed by atoms with E-state index in [4.69, 9.17) is 0 Å². The van der Waals surface area contributed by atoms with Gasteiger partial charge in [-0.1, -0.05) is 67.6 Å². The summed E-state index contributed by atoms with van der Waals surface area (Å²) in [6.45, 7) is 3.24. The van der Waals surface area contributed by atoms with Crippen LogP contribution in [0.3, 0.4) is 0 Å². The topological polar surface area (TPSA) is 41.1 Å². The maximum atomic E-state index is 12.1. The van der Waals surface area contributed by atoms with Gasteiger partial charge in [0.25, 0.3) is 0 Å². The number of rotatable bonds is 7. The molecule has 1 amide bonds. The van der Waals surface area contributed by atoms with Crippen LogP contribution >= 0.6 is 0 Å². The van der Waals surface area contributed by atoms with Crippen LogP contribution in [0.25, 0.3) is 0 Å². The van der Waals surface area contributed by atoms with Gasteiger partial charge in [-0.25, -0.2) is 0 Å². The minimum atomic E-state index is -0.0304. The van der Waals surface area contributed by atoms with Gasteiger partial charge in [0.15, 0.2) is 0 Å². The van der Waals surface area contributed by atoms with Gasteiger partial charge < -0.3 is 10.6 Å². The molecule has 0 saturated heterocycles. The maximum Gasteiger partial charge on any atom is 0.224 e. The first kappa shape index (κ1) is 16.2. The second-order valence-electron chi connectivity index (χ2n) is 5.58. The zero-order valence-corrected chi connectivity index (χ0v) is 13.3. The molecule has 0 aromatic heterocycles. The number of carbonyl (C=O) groups is 1. The lowest BCUT2D eigenvalue weighted by atomic mass is 9.91. The van der Waals surface area contributed by atoms with Crippen molar-refractivity contribution in [2.24, 2.45) is 5.92 Å². The summed E-state index contributed by atoms with van der Waals surface area (Å²) < 4.78 is 0. The highest BCUT2D eigenvalue weighted by Crippen LogP contribution is 2.23. The first-order valence-corrected chi connectivity index (χ1v) is 7.74. The van der Waals surface area contributed by atoms with E-state index < -0.39 is 0 Å². The zero-order valence-electron chi connectivity index (χ0n) is 13.3. The van der Waals surface area contributed by atoms with Crippen LogP contribution in [-0.4, -0.2) is 26.0 Å². The monoisotopic (exact) mass is 296 g/mol. The highest BCUT2D eigenvalue weighted by Gasteiger charge is 2.17. The van der Waals surface area contributed by atoms with Crippen LogP contribution < -0.4 is 10.6 Å². The minimum Gasteiger partial charge on any atom is -0.355 e. The summed E-state index contributed by atoms with van der Waals surface area (Å²) >= 11 is 0. The molecule has 0 aliphatic heterocycles. The summed E-state index contributed by atoms with van der Waals surface area (Å²) in [5, 5.41) is 6.12. The Kier molecular flexibility index (Phi) is 6.16. The molecular weight excluding hydrogens is 272 g/mol. The van der Waals surface area contributed by atoms with E-state index in [1.807, 2.05) is 50.4 Å². The fraction of sp³-hybridized carbons (Fsp3) is 0.316. The molecule has 2 rings (SSSR count). The van der Waals surface area contributed by atoms with Crippen LogP contribution in [0.5, 0.6) is 0 Å². The van der Waals surface area contributed by atoms with E-state index in [9.17, 15) is 4.79 Å². The maximum absolute atomic E-state index is 12.1. The number of benzene rings is 2. The smallest absolute Gasteiger partial charge is 0.224 e. The lowest BCUT2D eigenvalue weighted by Crippen LogP contribution is -2.36. The number of amides is 1. The van der Waals surface area contributed by atoms with Crippen molar-refractivity contribution in [1.29, 1.82) is 0 Å². The summed E-state index contributed by atoms with van der Waals surface area (Å²) in [5.74, 6) is 0.233. The van der Waals surface area contributed by atoms with Gasteiger partial charge in [-0.05, 0) is 18.2 Å². The predicted octanol–water partition coefficient (Wildman–Crippen LogP) is 2.79. The quantitative estimate of drug-likeness (QED) is 0.825. The van der Waals surface area contributed by atoms with Crippen molar-refractivity contribution < 1.29 is 4.79 Å². The average Bonchev–Trinajstić information content (AvgIpc) is 2.57. The number of nitrogens with one attached hydrogen (secondary N) is 2. The highest BCUT2D eigenvalue weighted by molar-refractivity contribution is 5.78. The Bertz CT molecular complexity index is 529. The highest BCUT2D eigenvalue weighted by atomic mass is 16.1. The van der Waals surface area contributed by atoms with Gasteiger partial charge in [0.05, 0.1) is 0 Å². The third-order valence-corrected chi connectivity index (χ3v) is 3.84. The second-order valence-corrected chi connectivity index (χ2v) is 5.58. The SMILES string of the molecule is CNCC(C)C(=O)NCC(c1ccccc1)c1ccccc1. The molecule has 3 nitrogen and oxygen atoms in total. The van der Waals surface area contributed by atoms with Crippen LogP contribution in [0.1, 0.15) is 24.0 Å². The Hall–Kier alpha value is -2.13. The van der Waals surface area contributed by atoms with Gasteiger partial charge in [0, 0.05) is 24.9 Å². The molecule has 2 aromatic rings. The molecule has 0 aliphatic carbocycles. The summed E-state index contributed by atoms with van der Waals surface area (Å²) in [6, 6.07) is 20.6. The van der Waals surface area contributed by atoms with E-state index in [0.29, 0.717) is 13.1 Å². The lowest BCUT2D eigenvalue weighted by molar-refractivity contribution is -0.124. The van der Waals surface area contributed by atoms with Crippen LogP contribution in [0.2, 0.25) is 0 Å². The zero-order chi connectivity index (χ0) is 15.8. The molecule has 22 heavy (non-hydrogen) atoms. The normalized spacial score (nSPS) is 12.1.